The summed E-state index contributed by atoms with van der Waals surface area (Å²) in [4.78, 5) is 10.4. The van der Waals surface area contributed by atoms with Crippen molar-refractivity contribution in [3.63, 3.8) is 0 Å². The minimum atomic E-state index is -4.40. The predicted molar refractivity (Wildman–Crippen MR) is 121 cm³/mol. The Morgan fingerprint density at radius 1 is 1.31 bits per heavy atom. The predicted octanol–water partition coefficient (Wildman–Crippen LogP) is 3.82. The Morgan fingerprint density at radius 3 is 2.59 bits per heavy atom. The maximum Gasteiger partial charge on any atom is 0.422 e. The van der Waals surface area contributed by atoms with Gasteiger partial charge in [0.2, 0.25) is 5.88 Å². The summed E-state index contributed by atoms with van der Waals surface area (Å²) in [6, 6.07) is 3.55. The van der Waals surface area contributed by atoms with Crippen molar-refractivity contribution in [3.8, 4) is 5.88 Å². The molecule has 1 heterocycles. The van der Waals surface area contributed by atoms with Crippen molar-refractivity contribution in [3.05, 3.63) is 23.9 Å². The first-order valence-corrected chi connectivity index (χ1v) is 9.62. The van der Waals surface area contributed by atoms with Crippen LogP contribution >= 0.6 is 24.0 Å². The molecular weight excluding hydrogens is 498 g/mol. The van der Waals surface area contributed by atoms with Gasteiger partial charge in [-0.3, -0.25) is 4.99 Å². The number of nitrogens with zero attached hydrogens (tertiary/aromatic N) is 3. The number of alkyl halides is 3. The molecule has 0 saturated carbocycles. The zero-order valence-corrected chi connectivity index (χ0v) is 19.9. The monoisotopic (exact) mass is 531 g/mol. The van der Waals surface area contributed by atoms with E-state index in [2.05, 4.69) is 46.3 Å². The zero-order valence-electron chi connectivity index (χ0n) is 17.6. The van der Waals surface area contributed by atoms with E-state index in [0.717, 1.165) is 32.5 Å². The van der Waals surface area contributed by atoms with Crippen LogP contribution in [0.2, 0.25) is 0 Å². The molecule has 1 aromatic heterocycles. The van der Waals surface area contributed by atoms with Gasteiger partial charge in [0, 0.05) is 31.4 Å². The van der Waals surface area contributed by atoms with Crippen LogP contribution in [0.25, 0.3) is 0 Å². The molecule has 0 spiro atoms. The van der Waals surface area contributed by atoms with Crippen LogP contribution in [0.4, 0.5) is 13.2 Å². The molecule has 0 aromatic carbocycles. The van der Waals surface area contributed by atoms with Crippen molar-refractivity contribution in [2.75, 3.05) is 33.3 Å². The number of pyridine rings is 1. The fraction of sp³-hybridized carbons (Fsp3) is 0.684. The summed E-state index contributed by atoms with van der Waals surface area (Å²) in [6.45, 7) is 8.43. The molecule has 1 rings (SSSR count). The molecule has 1 atom stereocenters. The second-order valence-corrected chi connectivity index (χ2v) is 6.51. The molecule has 1 aromatic rings. The van der Waals surface area contributed by atoms with Crippen molar-refractivity contribution in [1.82, 2.24) is 20.5 Å². The molecule has 0 aliphatic rings. The first kappa shape index (κ1) is 27.7. The fourth-order valence-electron chi connectivity index (χ4n) is 2.68. The number of hydrogen-bond donors (Lipinski definition) is 2. The van der Waals surface area contributed by atoms with Crippen LogP contribution in [0.3, 0.4) is 0 Å². The standard InChI is InChI=1S/C19H32F3N5O.HI/c1-5-27(6-2)12-8-9-15(3)26-18(23-4)25-13-16-10-7-11-24-17(16)28-14-19(20,21)22;/h7,10-11,15H,5-6,8-9,12-14H2,1-4H3,(H2,23,25,26);1H. The summed E-state index contributed by atoms with van der Waals surface area (Å²) >= 11 is 0. The Bertz CT molecular complexity index is 597. The summed E-state index contributed by atoms with van der Waals surface area (Å²) in [5, 5.41) is 6.40. The lowest BCUT2D eigenvalue weighted by atomic mass is 10.2. The number of rotatable bonds is 11. The Morgan fingerprint density at radius 2 is 2.00 bits per heavy atom. The second-order valence-electron chi connectivity index (χ2n) is 6.51. The van der Waals surface area contributed by atoms with Crippen molar-refractivity contribution >= 4 is 29.9 Å². The number of nitrogens with one attached hydrogen (secondary N) is 2. The van der Waals surface area contributed by atoms with Gasteiger partial charge in [0.05, 0.1) is 0 Å². The molecule has 0 aliphatic carbocycles. The van der Waals surface area contributed by atoms with E-state index in [-0.39, 0.29) is 42.4 Å². The third kappa shape index (κ3) is 12.1. The zero-order chi connectivity index (χ0) is 21.0. The van der Waals surface area contributed by atoms with Crippen LogP contribution in [-0.2, 0) is 6.54 Å². The fourth-order valence-corrected chi connectivity index (χ4v) is 2.68. The SMILES string of the molecule is CCN(CC)CCCC(C)NC(=NC)NCc1cccnc1OCC(F)(F)F.I. The van der Waals surface area contributed by atoms with Gasteiger partial charge in [-0.2, -0.15) is 13.2 Å². The lowest BCUT2D eigenvalue weighted by molar-refractivity contribution is -0.154. The maximum absolute atomic E-state index is 12.4. The lowest BCUT2D eigenvalue weighted by Gasteiger charge is -2.21. The Hall–Kier alpha value is -1.30. The molecule has 0 fully saturated rings. The number of guanidine groups is 1. The van der Waals surface area contributed by atoms with Crippen molar-refractivity contribution in [1.29, 1.82) is 0 Å². The highest BCUT2D eigenvalue weighted by molar-refractivity contribution is 14.0. The Kier molecular flexibility index (Phi) is 14.0. The minimum Gasteiger partial charge on any atom is -0.468 e. The highest BCUT2D eigenvalue weighted by Gasteiger charge is 2.29. The maximum atomic E-state index is 12.4. The van der Waals surface area contributed by atoms with Crippen LogP contribution in [0.15, 0.2) is 23.3 Å². The first-order chi connectivity index (χ1) is 13.3. The number of halogens is 4. The highest BCUT2D eigenvalue weighted by atomic mass is 127. The molecule has 6 nitrogen and oxygen atoms in total. The average Bonchev–Trinajstić information content (AvgIpc) is 2.66. The van der Waals surface area contributed by atoms with Gasteiger partial charge in [0.25, 0.3) is 0 Å². The van der Waals surface area contributed by atoms with E-state index in [0.29, 0.717) is 11.5 Å². The molecule has 1 unspecified atom stereocenters. The van der Waals surface area contributed by atoms with E-state index in [1.165, 1.54) is 6.20 Å². The van der Waals surface area contributed by atoms with Crippen LogP contribution in [-0.4, -0.2) is 61.4 Å². The third-order valence-corrected chi connectivity index (χ3v) is 4.28. The van der Waals surface area contributed by atoms with E-state index < -0.39 is 12.8 Å². The van der Waals surface area contributed by atoms with Crippen molar-refractivity contribution < 1.29 is 17.9 Å². The van der Waals surface area contributed by atoms with Gasteiger partial charge in [-0.15, -0.1) is 24.0 Å². The molecule has 168 valence electrons. The van der Waals surface area contributed by atoms with Crippen LogP contribution in [0, 0.1) is 0 Å². The molecular formula is C19H33F3IN5O. The van der Waals surface area contributed by atoms with E-state index in [1.54, 1.807) is 19.2 Å². The van der Waals surface area contributed by atoms with E-state index in [4.69, 9.17) is 4.74 Å². The molecule has 0 bridgehead atoms. The van der Waals surface area contributed by atoms with Gasteiger partial charge in [0.15, 0.2) is 12.6 Å². The molecule has 2 N–H and O–H groups in total. The van der Waals surface area contributed by atoms with Gasteiger partial charge in [-0.25, -0.2) is 4.98 Å². The molecule has 0 radical (unpaired) electrons. The van der Waals surface area contributed by atoms with Gasteiger partial charge < -0.3 is 20.3 Å². The van der Waals surface area contributed by atoms with Gasteiger partial charge in [0.1, 0.15) is 0 Å². The summed E-state index contributed by atoms with van der Waals surface area (Å²) in [7, 11) is 1.66. The van der Waals surface area contributed by atoms with Crippen LogP contribution in [0.1, 0.15) is 39.2 Å². The quantitative estimate of drug-likeness (QED) is 0.259. The minimum absolute atomic E-state index is 0. The highest BCUT2D eigenvalue weighted by Crippen LogP contribution is 2.19. The van der Waals surface area contributed by atoms with Crippen molar-refractivity contribution in [2.45, 2.75) is 52.4 Å². The molecule has 0 aliphatic heterocycles. The van der Waals surface area contributed by atoms with E-state index >= 15 is 0 Å². The average molecular weight is 531 g/mol. The van der Waals surface area contributed by atoms with E-state index in [9.17, 15) is 13.2 Å². The largest absolute Gasteiger partial charge is 0.468 e. The first-order valence-electron chi connectivity index (χ1n) is 9.62. The molecule has 29 heavy (non-hydrogen) atoms. The Labute approximate surface area is 188 Å². The van der Waals surface area contributed by atoms with Crippen LogP contribution < -0.4 is 15.4 Å². The number of ether oxygens (including phenoxy) is 1. The number of hydrogen-bond acceptors (Lipinski definition) is 4. The van der Waals surface area contributed by atoms with Crippen molar-refractivity contribution in [2.24, 2.45) is 4.99 Å². The smallest absolute Gasteiger partial charge is 0.422 e. The topological polar surface area (TPSA) is 61.8 Å². The summed E-state index contributed by atoms with van der Waals surface area (Å²) < 4.78 is 41.9. The number of aromatic nitrogens is 1. The van der Waals surface area contributed by atoms with Crippen LogP contribution in [0.5, 0.6) is 5.88 Å². The normalized spacial score (nSPS) is 13.0. The Balaban J connectivity index is 0.00000784. The van der Waals surface area contributed by atoms with E-state index in [1.807, 2.05) is 0 Å². The second kappa shape index (κ2) is 14.6. The van der Waals surface area contributed by atoms with Gasteiger partial charge in [-0.1, -0.05) is 19.9 Å². The third-order valence-electron chi connectivity index (χ3n) is 4.28. The summed E-state index contributed by atoms with van der Waals surface area (Å²) in [5.41, 5.74) is 0.531. The number of aliphatic imine (C=N–C) groups is 1. The molecule has 0 saturated heterocycles. The molecule has 10 heteroatoms. The van der Waals surface area contributed by atoms with Gasteiger partial charge in [-0.05, 0) is 45.5 Å². The summed E-state index contributed by atoms with van der Waals surface area (Å²) in [5.74, 6) is 0.552. The molecule has 0 amide bonds. The van der Waals surface area contributed by atoms with Gasteiger partial charge >= 0.3 is 6.18 Å². The lowest BCUT2D eigenvalue weighted by Crippen LogP contribution is -2.42. The summed E-state index contributed by atoms with van der Waals surface area (Å²) in [6.07, 6.45) is -0.935.